The minimum atomic E-state index is -0.660. The highest BCUT2D eigenvalue weighted by atomic mass is 35.5. The number of fused-ring (bicyclic) bond motifs is 1. The summed E-state index contributed by atoms with van der Waals surface area (Å²) in [5.41, 5.74) is 2.98. The topological polar surface area (TPSA) is 76.4 Å². The quantitative estimate of drug-likeness (QED) is 0.323. The van der Waals surface area contributed by atoms with E-state index in [1.807, 2.05) is 71.0 Å². The van der Waals surface area contributed by atoms with Gasteiger partial charge in [0.25, 0.3) is 0 Å². The average molecular weight is 551 g/mol. The number of piperazine rings is 1. The molecular formula is C29H32ClFN6O2. The Morgan fingerprint density at radius 2 is 1.95 bits per heavy atom. The fourth-order valence-electron chi connectivity index (χ4n) is 5.18. The van der Waals surface area contributed by atoms with E-state index >= 15 is 0 Å². The molecule has 0 radical (unpaired) electrons. The number of halogens is 2. The van der Waals surface area contributed by atoms with E-state index in [2.05, 4.69) is 10.1 Å². The number of hydrogen-bond acceptors (Lipinski definition) is 6. The second-order valence-electron chi connectivity index (χ2n) is 10.6. The van der Waals surface area contributed by atoms with Gasteiger partial charge in [-0.3, -0.25) is 9.69 Å². The molecule has 2 aromatic heterocycles. The predicted molar refractivity (Wildman–Crippen MR) is 149 cm³/mol. The number of aromatic nitrogens is 4. The lowest BCUT2D eigenvalue weighted by Crippen LogP contribution is -2.61. The first-order chi connectivity index (χ1) is 18.5. The van der Waals surface area contributed by atoms with Gasteiger partial charge in [0.15, 0.2) is 5.82 Å². The van der Waals surface area contributed by atoms with Crippen molar-refractivity contribution in [3.8, 4) is 17.1 Å². The van der Waals surface area contributed by atoms with Crippen LogP contribution in [0.15, 0.2) is 42.7 Å². The van der Waals surface area contributed by atoms with E-state index in [9.17, 15) is 9.18 Å². The number of likely N-dealkylation sites (N-methyl/N-ethyl adjacent to an activating group) is 1. The van der Waals surface area contributed by atoms with Crippen molar-refractivity contribution >= 4 is 28.4 Å². The minimum absolute atomic E-state index is 0.0129. The van der Waals surface area contributed by atoms with Gasteiger partial charge in [-0.15, -0.1) is 0 Å². The summed E-state index contributed by atoms with van der Waals surface area (Å²) in [5, 5.41) is 5.33. The number of benzene rings is 2. The molecule has 1 saturated heterocycles. The summed E-state index contributed by atoms with van der Waals surface area (Å²) in [6.45, 7) is 8.96. The number of para-hydroxylation sites is 1. The molecule has 5 rings (SSSR count). The number of aryl methyl sites for hydroxylation is 2. The molecule has 8 nitrogen and oxygen atoms in total. The molecular weight excluding hydrogens is 519 g/mol. The first-order valence-electron chi connectivity index (χ1n) is 12.9. The van der Waals surface area contributed by atoms with Gasteiger partial charge in [-0.25, -0.2) is 19.0 Å². The van der Waals surface area contributed by atoms with Crippen molar-refractivity contribution in [2.75, 3.05) is 20.1 Å². The molecule has 2 aromatic carbocycles. The van der Waals surface area contributed by atoms with E-state index in [1.165, 1.54) is 18.5 Å². The van der Waals surface area contributed by atoms with Gasteiger partial charge < -0.3 is 9.64 Å². The van der Waals surface area contributed by atoms with Crippen molar-refractivity contribution in [3.05, 3.63) is 70.4 Å². The molecule has 0 N–H and O–H groups in total. The van der Waals surface area contributed by atoms with Crippen LogP contribution in [0.4, 0.5) is 4.39 Å². The van der Waals surface area contributed by atoms with Crippen LogP contribution in [-0.4, -0.2) is 61.1 Å². The monoisotopic (exact) mass is 550 g/mol. The Labute approximate surface area is 232 Å². The van der Waals surface area contributed by atoms with E-state index < -0.39 is 17.4 Å². The highest BCUT2D eigenvalue weighted by Gasteiger charge is 2.42. The largest absolute Gasteiger partial charge is 0.487 e. The standard InChI is InChI=1S/C29H32ClFN6O2/c1-17-12-22(27-32-16-33-36(27)6)20-8-7-9-25(26(20)34-17)39-15-23-21(13-19(31)14-24(23)30)18(2)37-11-10-35(5)29(3,4)28(37)38/h7-9,12-14,16,18H,10-11,15H2,1-6H3/t18-/m0/s1. The lowest BCUT2D eigenvalue weighted by molar-refractivity contribution is -0.150. The number of pyridine rings is 1. The van der Waals surface area contributed by atoms with Gasteiger partial charge in [0.2, 0.25) is 5.91 Å². The van der Waals surface area contributed by atoms with Gasteiger partial charge in [0, 0.05) is 42.3 Å². The second kappa shape index (κ2) is 10.2. The summed E-state index contributed by atoms with van der Waals surface area (Å²) < 4.78 is 22.7. The fourth-order valence-corrected chi connectivity index (χ4v) is 5.45. The molecule has 204 valence electrons. The molecule has 3 heterocycles. The normalized spacial score (nSPS) is 16.6. The lowest BCUT2D eigenvalue weighted by atomic mass is 9.94. The molecule has 0 bridgehead atoms. The fraction of sp³-hybridized carbons (Fsp3) is 0.379. The molecule has 1 aliphatic rings. The third-order valence-electron chi connectivity index (χ3n) is 7.78. The lowest BCUT2D eigenvalue weighted by Gasteiger charge is -2.46. The summed E-state index contributed by atoms with van der Waals surface area (Å²) in [5.74, 6) is 0.818. The summed E-state index contributed by atoms with van der Waals surface area (Å²) in [7, 11) is 3.78. The van der Waals surface area contributed by atoms with Crippen LogP contribution in [0.2, 0.25) is 5.02 Å². The van der Waals surface area contributed by atoms with Crippen LogP contribution in [0.3, 0.4) is 0 Å². The van der Waals surface area contributed by atoms with Crippen LogP contribution in [0, 0.1) is 12.7 Å². The van der Waals surface area contributed by atoms with Crippen LogP contribution in [-0.2, 0) is 18.4 Å². The van der Waals surface area contributed by atoms with Crippen molar-refractivity contribution in [2.24, 2.45) is 7.05 Å². The Balaban J connectivity index is 1.51. The zero-order valence-corrected chi connectivity index (χ0v) is 23.8. The molecule has 0 unspecified atom stereocenters. The van der Waals surface area contributed by atoms with Crippen molar-refractivity contribution in [1.29, 1.82) is 0 Å². The molecule has 0 saturated carbocycles. The average Bonchev–Trinajstić information content (AvgIpc) is 3.31. The zero-order chi connectivity index (χ0) is 28.1. The van der Waals surface area contributed by atoms with Gasteiger partial charge in [0.05, 0.1) is 16.6 Å². The summed E-state index contributed by atoms with van der Waals surface area (Å²) in [4.78, 5) is 26.4. The molecule has 1 amide bonds. The Kier molecular flexibility index (Phi) is 7.07. The maximum Gasteiger partial charge on any atom is 0.243 e. The first kappa shape index (κ1) is 27.0. The zero-order valence-electron chi connectivity index (χ0n) is 23.0. The molecule has 0 aliphatic carbocycles. The Morgan fingerprint density at radius 1 is 1.18 bits per heavy atom. The Morgan fingerprint density at radius 3 is 2.67 bits per heavy atom. The first-order valence-corrected chi connectivity index (χ1v) is 13.2. The van der Waals surface area contributed by atoms with Crippen LogP contribution < -0.4 is 4.74 Å². The molecule has 4 aromatic rings. The van der Waals surface area contributed by atoms with Crippen molar-refractivity contribution in [1.82, 2.24) is 29.5 Å². The Bertz CT molecular complexity index is 1570. The SMILES string of the molecule is Cc1cc(-c2ncnn2C)c2cccc(OCc3c(Cl)cc(F)cc3[C@H](C)N3CCN(C)C(C)(C)C3=O)c2n1. The van der Waals surface area contributed by atoms with E-state index in [1.54, 1.807) is 9.58 Å². The van der Waals surface area contributed by atoms with Crippen LogP contribution in [0.1, 0.15) is 43.6 Å². The highest BCUT2D eigenvalue weighted by molar-refractivity contribution is 6.31. The highest BCUT2D eigenvalue weighted by Crippen LogP contribution is 2.36. The number of carbonyl (C=O) groups excluding carboxylic acids is 1. The van der Waals surface area contributed by atoms with Crippen LogP contribution >= 0.6 is 11.6 Å². The molecule has 1 aliphatic heterocycles. The smallest absolute Gasteiger partial charge is 0.243 e. The van der Waals surface area contributed by atoms with E-state index in [4.69, 9.17) is 21.3 Å². The third-order valence-corrected chi connectivity index (χ3v) is 8.12. The van der Waals surface area contributed by atoms with Crippen molar-refractivity contribution < 1.29 is 13.9 Å². The maximum atomic E-state index is 14.6. The second-order valence-corrected chi connectivity index (χ2v) is 11.0. The number of ether oxygens (including phenoxy) is 1. The Hall–Kier alpha value is -3.56. The molecule has 1 fully saturated rings. The number of carbonyl (C=O) groups is 1. The number of amides is 1. The van der Waals surface area contributed by atoms with Gasteiger partial charge in [-0.2, -0.15) is 5.10 Å². The molecule has 0 spiro atoms. The van der Waals surface area contributed by atoms with Gasteiger partial charge in [-0.05, 0) is 64.6 Å². The van der Waals surface area contributed by atoms with Gasteiger partial charge in [-0.1, -0.05) is 23.7 Å². The van der Waals surface area contributed by atoms with Crippen LogP contribution in [0.25, 0.3) is 22.3 Å². The van der Waals surface area contributed by atoms with Gasteiger partial charge >= 0.3 is 0 Å². The summed E-state index contributed by atoms with van der Waals surface area (Å²) >= 11 is 6.59. The summed E-state index contributed by atoms with van der Waals surface area (Å²) in [6, 6.07) is 10.0. The predicted octanol–water partition coefficient (Wildman–Crippen LogP) is 5.32. The van der Waals surface area contributed by atoms with E-state index in [0.717, 1.165) is 22.5 Å². The molecule has 39 heavy (non-hydrogen) atoms. The summed E-state index contributed by atoms with van der Waals surface area (Å²) in [6.07, 6.45) is 1.52. The number of rotatable bonds is 6. The molecule has 10 heteroatoms. The number of nitrogens with zero attached hydrogens (tertiary/aromatic N) is 6. The van der Waals surface area contributed by atoms with Gasteiger partial charge in [0.1, 0.15) is 30.0 Å². The third kappa shape index (κ3) is 4.85. The molecule has 1 atom stereocenters. The van der Waals surface area contributed by atoms with E-state index in [0.29, 0.717) is 35.5 Å². The minimum Gasteiger partial charge on any atom is -0.487 e. The van der Waals surface area contributed by atoms with Crippen LogP contribution in [0.5, 0.6) is 5.75 Å². The van der Waals surface area contributed by atoms with Crippen molar-refractivity contribution in [3.63, 3.8) is 0 Å². The number of hydrogen-bond donors (Lipinski definition) is 0. The van der Waals surface area contributed by atoms with Crippen molar-refractivity contribution in [2.45, 2.75) is 45.9 Å². The van der Waals surface area contributed by atoms with E-state index in [-0.39, 0.29) is 17.5 Å². The maximum absolute atomic E-state index is 14.6.